The Morgan fingerprint density at radius 2 is 2.15 bits per heavy atom. The molecular formula is C14H16BrClFN3. The van der Waals surface area contributed by atoms with Gasteiger partial charge in [-0.25, -0.2) is 4.39 Å². The van der Waals surface area contributed by atoms with Crippen LogP contribution >= 0.6 is 27.5 Å². The number of benzene rings is 1. The Morgan fingerprint density at radius 1 is 1.40 bits per heavy atom. The molecule has 0 unspecified atom stereocenters. The van der Waals surface area contributed by atoms with E-state index in [1.807, 2.05) is 11.6 Å². The van der Waals surface area contributed by atoms with Gasteiger partial charge in [0.25, 0.3) is 0 Å². The highest BCUT2D eigenvalue weighted by Gasteiger charge is 2.15. The van der Waals surface area contributed by atoms with Crippen molar-refractivity contribution in [2.75, 3.05) is 5.32 Å². The van der Waals surface area contributed by atoms with E-state index in [9.17, 15) is 4.39 Å². The quantitative estimate of drug-likeness (QED) is 0.842. The molecule has 0 fully saturated rings. The summed E-state index contributed by atoms with van der Waals surface area (Å²) >= 11 is 9.57. The summed E-state index contributed by atoms with van der Waals surface area (Å²) in [6.45, 7) is 5.30. The Morgan fingerprint density at radius 3 is 2.75 bits per heavy atom. The van der Waals surface area contributed by atoms with E-state index in [1.165, 1.54) is 6.07 Å². The molecule has 1 heterocycles. The fourth-order valence-corrected chi connectivity index (χ4v) is 2.96. The molecule has 3 nitrogen and oxygen atoms in total. The predicted octanol–water partition coefficient (Wildman–Crippen LogP) is 4.63. The first-order valence-electron chi connectivity index (χ1n) is 6.50. The van der Waals surface area contributed by atoms with Gasteiger partial charge in [-0.2, -0.15) is 5.10 Å². The molecule has 2 aromatic rings. The van der Waals surface area contributed by atoms with E-state index in [1.54, 1.807) is 12.1 Å². The molecule has 0 aliphatic heterocycles. The second-order valence-corrected chi connectivity index (χ2v) is 5.53. The predicted molar refractivity (Wildman–Crippen MR) is 83.7 cm³/mol. The molecule has 0 spiro atoms. The lowest BCUT2D eigenvalue weighted by Crippen LogP contribution is -2.09. The normalized spacial score (nSPS) is 10.8. The zero-order valence-corrected chi connectivity index (χ0v) is 13.7. The first-order chi connectivity index (χ1) is 9.58. The third kappa shape index (κ3) is 2.99. The van der Waals surface area contributed by atoms with Crippen molar-refractivity contribution in [1.29, 1.82) is 0 Å². The minimum absolute atomic E-state index is 0.322. The molecule has 1 aromatic carbocycles. The largest absolute Gasteiger partial charge is 0.376 e. The van der Waals surface area contributed by atoms with Gasteiger partial charge in [-0.1, -0.05) is 24.6 Å². The molecule has 0 saturated carbocycles. The van der Waals surface area contributed by atoms with Crippen molar-refractivity contribution in [3.8, 4) is 0 Å². The molecule has 0 bridgehead atoms. The minimum Gasteiger partial charge on any atom is -0.376 e. The van der Waals surface area contributed by atoms with Gasteiger partial charge in [0, 0.05) is 6.54 Å². The Bertz CT molecular complexity index is 592. The molecule has 0 aliphatic rings. The number of aryl methyl sites for hydroxylation is 2. The van der Waals surface area contributed by atoms with Crippen molar-refractivity contribution in [3.05, 3.63) is 44.9 Å². The van der Waals surface area contributed by atoms with Gasteiger partial charge in [0.1, 0.15) is 5.82 Å². The van der Waals surface area contributed by atoms with Gasteiger partial charge in [-0.15, -0.1) is 0 Å². The molecule has 2 rings (SSSR count). The number of hydrogen-bond acceptors (Lipinski definition) is 2. The topological polar surface area (TPSA) is 29.9 Å². The summed E-state index contributed by atoms with van der Waals surface area (Å²) in [6.07, 6.45) is 0.848. The molecule has 1 N–H and O–H groups in total. The molecule has 0 atom stereocenters. The van der Waals surface area contributed by atoms with Gasteiger partial charge in [-0.05, 0) is 41.4 Å². The molecule has 0 radical (unpaired) electrons. The Hall–Kier alpha value is -1.07. The summed E-state index contributed by atoms with van der Waals surface area (Å²) in [5.41, 5.74) is 2.31. The zero-order valence-electron chi connectivity index (χ0n) is 11.4. The second kappa shape index (κ2) is 6.59. The van der Waals surface area contributed by atoms with Crippen molar-refractivity contribution in [2.24, 2.45) is 0 Å². The van der Waals surface area contributed by atoms with Gasteiger partial charge in [0.05, 0.1) is 33.1 Å². The van der Waals surface area contributed by atoms with Crippen LogP contribution in [0.3, 0.4) is 0 Å². The van der Waals surface area contributed by atoms with E-state index in [0.717, 1.165) is 28.8 Å². The molecule has 6 heteroatoms. The third-order valence-corrected chi connectivity index (χ3v) is 4.32. The first kappa shape index (κ1) is 15.3. The Kier molecular flexibility index (Phi) is 5.05. The zero-order chi connectivity index (χ0) is 14.7. The molecule has 20 heavy (non-hydrogen) atoms. The summed E-state index contributed by atoms with van der Waals surface area (Å²) in [4.78, 5) is 0. The van der Waals surface area contributed by atoms with Crippen LogP contribution in [0.25, 0.3) is 0 Å². The second-order valence-electron chi connectivity index (χ2n) is 4.33. The summed E-state index contributed by atoms with van der Waals surface area (Å²) in [5.74, 6) is -0.355. The van der Waals surface area contributed by atoms with Crippen LogP contribution in [0.1, 0.15) is 25.2 Å². The van der Waals surface area contributed by atoms with Gasteiger partial charge >= 0.3 is 0 Å². The average molecular weight is 361 g/mol. The Labute approximate surface area is 131 Å². The van der Waals surface area contributed by atoms with Crippen LogP contribution in [0.2, 0.25) is 5.02 Å². The molecule has 0 aliphatic carbocycles. The monoisotopic (exact) mass is 359 g/mol. The van der Waals surface area contributed by atoms with Gasteiger partial charge < -0.3 is 5.32 Å². The van der Waals surface area contributed by atoms with E-state index in [4.69, 9.17) is 11.6 Å². The number of nitrogens with one attached hydrogen (secondary N) is 1. The maximum Gasteiger partial charge on any atom is 0.147 e. The average Bonchev–Trinajstić information content (AvgIpc) is 2.74. The maximum atomic E-state index is 13.7. The smallest absolute Gasteiger partial charge is 0.147 e. The van der Waals surface area contributed by atoms with Crippen molar-refractivity contribution >= 4 is 33.2 Å². The lowest BCUT2D eigenvalue weighted by molar-refractivity contribution is 0.613. The van der Waals surface area contributed by atoms with Crippen LogP contribution in [-0.4, -0.2) is 9.78 Å². The highest BCUT2D eigenvalue weighted by atomic mass is 79.9. The number of anilines is 1. The summed E-state index contributed by atoms with van der Waals surface area (Å²) in [5, 5.41) is 7.93. The molecular weight excluding hydrogens is 345 g/mol. The fraction of sp³-hybridized carbons (Fsp3) is 0.357. The van der Waals surface area contributed by atoms with Crippen LogP contribution in [0.5, 0.6) is 0 Å². The molecule has 0 amide bonds. The van der Waals surface area contributed by atoms with Crippen molar-refractivity contribution in [3.63, 3.8) is 0 Å². The lowest BCUT2D eigenvalue weighted by Gasteiger charge is -2.11. The number of para-hydroxylation sites is 1. The summed E-state index contributed by atoms with van der Waals surface area (Å²) in [7, 11) is 0. The SMILES string of the molecule is CCc1nn(CC)c(CNc2c(F)cccc2Cl)c1Br. The van der Waals surface area contributed by atoms with Crippen molar-refractivity contribution in [1.82, 2.24) is 9.78 Å². The van der Waals surface area contributed by atoms with Crippen molar-refractivity contribution in [2.45, 2.75) is 33.4 Å². The summed E-state index contributed by atoms with van der Waals surface area (Å²) in [6, 6.07) is 4.64. The number of halogens is 3. The van der Waals surface area contributed by atoms with E-state index >= 15 is 0 Å². The fourth-order valence-electron chi connectivity index (χ4n) is 2.02. The van der Waals surface area contributed by atoms with Crippen LogP contribution in [0.15, 0.2) is 22.7 Å². The number of hydrogen-bond donors (Lipinski definition) is 1. The number of aromatic nitrogens is 2. The van der Waals surface area contributed by atoms with Crippen LogP contribution in [0.4, 0.5) is 10.1 Å². The van der Waals surface area contributed by atoms with E-state index in [-0.39, 0.29) is 5.82 Å². The van der Waals surface area contributed by atoms with Crippen molar-refractivity contribution < 1.29 is 4.39 Å². The number of nitrogens with zero attached hydrogens (tertiary/aromatic N) is 2. The van der Waals surface area contributed by atoms with Gasteiger partial charge in [0.15, 0.2) is 0 Å². The van der Waals surface area contributed by atoms with Gasteiger partial charge in [-0.3, -0.25) is 4.68 Å². The standard InChI is InChI=1S/C14H16BrClFN3/c1-3-11-13(15)12(20(4-2)19-11)8-18-14-9(16)6-5-7-10(14)17/h5-7,18H,3-4,8H2,1-2H3. The van der Waals surface area contributed by atoms with E-state index in [0.29, 0.717) is 17.3 Å². The molecule has 1 aromatic heterocycles. The minimum atomic E-state index is -0.355. The highest BCUT2D eigenvalue weighted by molar-refractivity contribution is 9.10. The van der Waals surface area contributed by atoms with Crippen LogP contribution in [-0.2, 0) is 19.5 Å². The number of rotatable bonds is 5. The maximum absolute atomic E-state index is 13.7. The molecule has 0 saturated heterocycles. The van der Waals surface area contributed by atoms with Gasteiger partial charge in [0.2, 0.25) is 0 Å². The van der Waals surface area contributed by atoms with E-state index < -0.39 is 0 Å². The third-order valence-electron chi connectivity index (χ3n) is 3.09. The summed E-state index contributed by atoms with van der Waals surface area (Å²) < 4.78 is 16.6. The molecule has 108 valence electrons. The van der Waals surface area contributed by atoms with Crippen LogP contribution < -0.4 is 5.32 Å². The van der Waals surface area contributed by atoms with Crippen LogP contribution in [0, 0.1) is 5.82 Å². The highest BCUT2D eigenvalue weighted by Crippen LogP contribution is 2.27. The lowest BCUT2D eigenvalue weighted by atomic mass is 10.2. The first-order valence-corrected chi connectivity index (χ1v) is 7.67. The Balaban J connectivity index is 2.25. The van der Waals surface area contributed by atoms with E-state index in [2.05, 4.69) is 33.3 Å².